The molecular weight excluding hydrogens is 229 g/mol. The van der Waals surface area contributed by atoms with Crippen LogP contribution in [0.4, 0.5) is 4.39 Å². The van der Waals surface area contributed by atoms with Crippen LogP contribution in [0.2, 0.25) is 5.02 Å². The summed E-state index contributed by atoms with van der Waals surface area (Å²) in [6, 6.07) is 3.80. The van der Waals surface area contributed by atoms with E-state index in [1.807, 2.05) is 0 Å². The van der Waals surface area contributed by atoms with Gasteiger partial charge in [-0.3, -0.25) is 0 Å². The minimum Gasteiger partial charge on any atom is -0.228 e. The Bertz CT molecular complexity index is 447. The lowest BCUT2D eigenvalue weighted by Gasteiger charge is -2.09. The molecule has 78 valence electrons. The van der Waals surface area contributed by atoms with E-state index in [9.17, 15) is 12.8 Å². The van der Waals surface area contributed by atoms with Crippen molar-refractivity contribution >= 4 is 21.6 Å². The summed E-state index contributed by atoms with van der Waals surface area (Å²) in [6.45, 7) is 1.39. The predicted molar refractivity (Wildman–Crippen MR) is 52.9 cm³/mol. The summed E-state index contributed by atoms with van der Waals surface area (Å²) < 4.78 is 34.9. The molecule has 14 heavy (non-hydrogen) atoms. The first kappa shape index (κ1) is 11.4. The summed E-state index contributed by atoms with van der Waals surface area (Å²) in [6.07, 6.45) is 0. The van der Waals surface area contributed by atoms with Crippen LogP contribution < -0.4 is 5.14 Å². The number of primary sulfonamides is 1. The Kier molecular flexibility index (Phi) is 3.14. The number of sulfonamides is 1. The highest BCUT2D eigenvalue weighted by Crippen LogP contribution is 2.23. The minimum atomic E-state index is -3.70. The number of halogens is 2. The maximum Gasteiger partial charge on any atom is 0.215 e. The first-order valence-electron chi connectivity index (χ1n) is 3.79. The number of nitrogens with two attached hydrogens (primary N) is 1. The maximum atomic E-state index is 13.0. The Hall–Kier alpha value is -0.650. The van der Waals surface area contributed by atoms with E-state index < -0.39 is 21.1 Å². The molecule has 2 N–H and O–H groups in total. The standard InChI is InChI=1S/C8H9ClFNO2S/c1-5(14(11,12)13)6-2-3-7(9)8(10)4-6/h2-5H,1H3,(H2,11,12,13)/t5-/m0/s1. The van der Waals surface area contributed by atoms with Gasteiger partial charge in [0.25, 0.3) is 0 Å². The molecule has 1 rings (SSSR count). The van der Waals surface area contributed by atoms with Crippen molar-refractivity contribution in [3.8, 4) is 0 Å². The van der Waals surface area contributed by atoms with Gasteiger partial charge >= 0.3 is 0 Å². The molecule has 0 aliphatic rings. The van der Waals surface area contributed by atoms with Crippen molar-refractivity contribution < 1.29 is 12.8 Å². The van der Waals surface area contributed by atoms with Gasteiger partial charge in [0.05, 0.1) is 10.3 Å². The van der Waals surface area contributed by atoms with Crippen molar-refractivity contribution in [2.45, 2.75) is 12.2 Å². The summed E-state index contributed by atoms with van der Waals surface area (Å²) in [7, 11) is -3.70. The van der Waals surface area contributed by atoms with Crippen LogP contribution in [-0.2, 0) is 10.0 Å². The summed E-state index contributed by atoms with van der Waals surface area (Å²) in [5.74, 6) is -0.653. The molecular formula is C8H9ClFNO2S. The van der Waals surface area contributed by atoms with Crippen LogP contribution >= 0.6 is 11.6 Å². The third-order valence-corrected chi connectivity index (χ3v) is 3.47. The van der Waals surface area contributed by atoms with Crippen molar-refractivity contribution in [3.05, 3.63) is 34.6 Å². The average molecular weight is 238 g/mol. The number of benzene rings is 1. The second kappa shape index (κ2) is 3.84. The van der Waals surface area contributed by atoms with Crippen LogP contribution in [0, 0.1) is 5.82 Å². The van der Waals surface area contributed by atoms with Crippen LogP contribution in [0.15, 0.2) is 18.2 Å². The van der Waals surface area contributed by atoms with E-state index in [1.165, 1.54) is 19.1 Å². The quantitative estimate of drug-likeness (QED) is 0.853. The van der Waals surface area contributed by atoms with Crippen LogP contribution in [0.1, 0.15) is 17.7 Å². The van der Waals surface area contributed by atoms with Crippen LogP contribution in [0.5, 0.6) is 0 Å². The van der Waals surface area contributed by atoms with Crippen LogP contribution in [0.25, 0.3) is 0 Å². The van der Waals surface area contributed by atoms with Gasteiger partial charge in [0, 0.05) is 0 Å². The van der Waals surface area contributed by atoms with Gasteiger partial charge in [0.15, 0.2) is 0 Å². The SMILES string of the molecule is C[C@@H](c1ccc(Cl)c(F)c1)S(N)(=O)=O. The second-order valence-corrected chi connectivity index (χ2v) is 5.20. The Morgan fingerprint density at radius 3 is 2.50 bits per heavy atom. The maximum absolute atomic E-state index is 13.0. The monoisotopic (exact) mass is 237 g/mol. The Labute approximate surface area is 86.7 Å². The van der Waals surface area contributed by atoms with Crippen molar-refractivity contribution in [2.24, 2.45) is 5.14 Å². The molecule has 3 nitrogen and oxygen atoms in total. The topological polar surface area (TPSA) is 60.2 Å². The minimum absolute atomic E-state index is 0.0460. The van der Waals surface area contributed by atoms with Gasteiger partial charge < -0.3 is 0 Å². The van der Waals surface area contributed by atoms with Crippen molar-refractivity contribution in [1.82, 2.24) is 0 Å². The van der Waals surface area contributed by atoms with Crippen molar-refractivity contribution in [1.29, 1.82) is 0 Å². The van der Waals surface area contributed by atoms with E-state index in [-0.39, 0.29) is 10.6 Å². The van der Waals surface area contributed by atoms with Crippen LogP contribution in [0.3, 0.4) is 0 Å². The third-order valence-electron chi connectivity index (χ3n) is 1.91. The van der Waals surface area contributed by atoms with E-state index in [1.54, 1.807) is 0 Å². The van der Waals surface area contributed by atoms with E-state index >= 15 is 0 Å². The second-order valence-electron chi connectivity index (χ2n) is 2.90. The van der Waals surface area contributed by atoms with E-state index in [2.05, 4.69) is 0 Å². The Morgan fingerprint density at radius 2 is 2.07 bits per heavy atom. The number of hydrogen-bond donors (Lipinski definition) is 1. The van der Waals surface area contributed by atoms with Crippen molar-refractivity contribution in [3.63, 3.8) is 0 Å². The molecule has 1 aromatic rings. The molecule has 0 bridgehead atoms. The summed E-state index contributed by atoms with van der Waals surface area (Å²) in [5.41, 5.74) is 0.286. The fourth-order valence-electron chi connectivity index (χ4n) is 0.955. The van der Waals surface area contributed by atoms with Gasteiger partial charge in [-0.2, -0.15) is 0 Å². The van der Waals surface area contributed by atoms with Gasteiger partial charge in [-0.1, -0.05) is 17.7 Å². The highest BCUT2D eigenvalue weighted by atomic mass is 35.5. The Balaban J connectivity index is 3.16. The molecule has 0 aromatic heterocycles. The van der Waals surface area contributed by atoms with Gasteiger partial charge in [-0.25, -0.2) is 17.9 Å². The van der Waals surface area contributed by atoms with E-state index in [0.717, 1.165) is 6.07 Å². The first-order chi connectivity index (χ1) is 6.32. The molecule has 0 saturated carbocycles. The van der Waals surface area contributed by atoms with Gasteiger partial charge in [0.2, 0.25) is 10.0 Å². The van der Waals surface area contributed by atoms with Gasteiger partial charge in [-0.15, -0.1) is 0 Å². The molecule has 0 spiro atoms. The lowest BCUT2D eigenvalue weighted by atomic mass is 10.2. The molecule has 0 aliphatic carbocycles. The van der Waals surface area contributed by atoms with Gasteiger partial charge in [-0.05, 0) is 24.6 Å². The summed E-state index contributed by atoms with van der Waals surface area (Å²) in [5, 5.41) is 3.93. The van der Waals surface area contributed by atoms with E-state index in [0.29, 0.717) is 0 Å². The molecule has 0 saturated heterocycles. The fraction of sp³-hybridized carbons (Fsp3) is 0.250. The predicted octanol–water partition coefficient (Wildman–Crippen LogP) is 1.83. The molecule has 0 fully saturated rings. The molecule has 6 heteroatoms. The highest BCUT2D eigenvalue weighted by molar-refractivity contribution is 7.89. The lowest BCUT2D eigenvalue weighted by molar-refractivity contribution is 0.586. The molecule has 0 amide bonds. The fourth-order valence-corrected chi connectivity index (χ4v) is 1.60. The van der Waals surface area contributed by atoms with E-state index in [4.69, 9.17) is 16.7 Å². The molecule has 1 atom stereocenters. The molecule has 1 aromatic carbocycles. The summed E-state index contributed by atoms with van der Waals surface area (Å²) >= 11 is 5.44. The molecule has 0 radical (unpaired) electrons. The largest absolute Gasteiger partial charge is 0.228 e. The highest BCUT2D eigenvalue weighted by Gasteiger charge is 2.18. The average Bonchev–Trinajstić information content (AvgIpc) is 2.07. The first-order valence-corrected chi connectivity index (χ1v) is 5.77. The zero-order valence-corrected chi connectivity index (χ0v) is 8.94. The van der Waals surface area contributed by atoms with Crippen LogP contribution in [-0.4, -0.2) is 8.42 Å². The third kappa shape index (κ3) is 2.43. The van der Waals surface area contributed by atoms with Gasteiger partial charge in [0.1, 0.15) is 5.82 Å². The lowest BCUT2D eigenvalue weighted by Crippen LogP contribution is -2.19. The summed E-state index contributed by atoms with van der Waals surface area (Å²) in [4.78, 5) is 0. The number of hydrogen-bond acceptors (Lipinski definition) is 2. The Morgan fingerprint density at radius 1 is 1.50 bits per heavy atom. The zero-order valence-electron chi connectivity index (χ0n) is 7.37. The molecule has 0 heterocycles. The smallest absolute Gasteiger partial charge is 0.215 e. The zero-order chi connectivity index (χ0) is 10.9. The molecule has 0 unspecified atom stereocenters. The van der Waals surface area contributed by atoms with Crippen molar-refractivity contribution in [2.75, 3.05) is 0 Å². The molecule has 0 aliphatic heterocycles. The number of rotatable bonds is 2. The normalized spacial score (nSPS) is 14.0.